The third-order valence-corrected chi connectivity index (χ3v) is 3.70. The molecule has 0 aromatic heterocycles. The highest BCUT2D eigenvalue weighted by Crippen LogP contribution is 2.19. The fourth-order valence-corrected chi connectivity index (χ4v) is 2.40. The maximum absolute atomic E-state index is 13.1. The minimum absolute atomic E-state index is 0.175. The normalized spacial score (nSPS) is 12.8. The van der Waals surface area contributed by atoms with E-state index in [-0.39, 0.29) is 11.7 Å². The fourth-order valence-electron chi connectivity index (χ4n) is 2.40. The van der Waals surface area contributed by atoms with Gasteiger partial charge < -0.3 is 10.1 Å². The first-order valence-corrected chi connectivity index (χ1v) is 7.51. The van der Waals surface area contributed by atoms with Crippen LogP contribution in [0.2, 0.25) is 0 Å². The van der Waals surface area contributed by atoms with Crippen molar-refractivity contribution in [3.63, 3.8) is 0 Å². The number of hydrogen-bond donors (Lipinski definition) is 1. The van der Waals surface area contributed by atoms with Crippen LogP contribution in [0.5, 0.6) is 5.75 Å². The van der Waals surface area contributed by atoms with Gasteiger partial charge in [0, 0.05) is 12.6 Å². The largest absolute Gasteiger partial charge is 0.481 e. The van der Waals surface area contributed by atoms with E-state index in [0.29, 0.717) is 30.0 Å². The molecule has 0 bridgehead atoms. The van der Waals surface area contributed by atoms with Crippen molar-refractivity contribution in [2.45, 2.75) is 40.7 Å². The summed E-state index contributed by atoms with van der Waals surface area (Å²) in [6.45, 7) is 10.9. The van der Waals surface area contributed by atoms with Crippen LogP contribution in [-0.4, -0.2) is 18.6 Å². The molecular formula is C17H26FNO2. The lowest BCUT2D eigenvalue weighted by molar-refractivity contribution is -0.127. The molecule has 1 atom stereocenters. The highest BCUT2D eigenvalue weighted by atomic mass is 19.1. The molecular weight excluding hydrogens is 269 g/mol. The van der Waals surface area contributed by atoms with Crippen molar-refractivity contribution < 1.29 is 13.9 Å². The van der Waals surface area contributed by atoms with Crippen molar-refractivity contribution in [2.75, 3.05) is 6.54 Å². The molecule has 1 aromatic carbocycles. The number of hydrogen-bond acceptors (Lipinski definition) is 2. The van der Waals surface area contributed by atoms with Gasteiger partial charge in [0.2, 0.25) is 0 Å². The van der Waals surface area contributed by atoms with Gasteiger partial charge in [0.05, 0.1) is 0 Å². The van der Waals surface area contributed by atoms with E-state index < -0.39 is 6.10 Å². The van der Waals surface area contributed by atoms with Crippen molar-refractivity contribution in [1.82, 2.24) is 5.32 Å². The Morgan fingerprint density at radius 2 is 1.81 bits per heavy atom. The van der Waals surface area contributed by atoms with Gasteiger partial charge in [-0.15, -0.1) is 0 Å². The van der Waals surface area contributed by atoms with E-state index in [9.17, 15) is 9.18 Å². The van der Waals surface area contributed by atoms with Crippen LogP contribution in [0.25, 0.3) is 0 Å². The Bertz CT molecular complexity index is 452. The van der Waals surface area contributed by atoms with Crippen LogP contribution in [0.4, 0.5) is 4.39 Å². The Morgan fingerprint density at radius 3 is 2.33 bits per heavy atom. The van der Waals surface area contributed by atoms with Gasteiger partial charge >= 0.3 is 0 Å². The third-order valence-electron chi connectivity index (χ3n) is 3.70. The van der Waals surface area contributed by atoms with Crippen LogP contribution < -0.4 is 10.1 Å². The van der Waals surface area contributed by atoms with E-state index in [0.717, 1.165) is 0 Å². The smallest absolute Gasteiger partial charge is 0.260 e. The minimum atomic E-state index is -0.647. The SMILES string of the molecule is CC(Oc1cccc(F)c1)C(=O)NCC(C(C)C)C(C)C. The summed E-state index contributed by atoms with van der Waals surface area (Å²) in [4.78, 5) is 12.1. The molecule has 0 spiro atoms. The summed E-state index contributed by atoms with van der Waals surface area (Å²) >= 11 is 0. The molecule has 3 nitrogen and oxygen atoms in total. The zero-order chi connectivity index (χ0) is 16.0. The second kappa shape index (κ2) is 8.01. The monoisotopic (exact) mass is 295 g/mol. The fraction of sp³-hybridized carbons (Fsp3) is 0.588. The van der Waals surface area contributed by atoms with Crippen LogP contribution in [-0.2, 0) is 4.79 Å². The van der Waals surface area contributed by atoms with Gasteiger partial charge in [0.25, 0.3) is 5.91 Å². The predicted octanol–water partition coefficient (Wildman–Crippen LogP) is 3.64. The Labute approximate surface area is 126 Å². The van der Waals surface area contributed by atoms with Crippen LogP contribution >= 0.6 is 0 Å². The number of ether oxygens (including phenoxy) is 1. The average Bonchev–Trinajstić information content (AvgIpc) is 2.37. The highest BCUT2D eigenvalue weighted by Gasteiger charge is 2.20. The Morgan fingerprint density at radius 1 is 1.19 bits per heavy atom. The number of carbonyl (C=O) groups is 1. The molecule has 0 heterocycles. The second-order valence-electron chi connectivity index (χ2n) is 6.11. The molecule has 0 aliphatic carbocycles. The predicted molar refractivity (Wildman–Crippen MR) is 82.7 cm³/mol. The van der Waals surface area contributed by atoms with Crippen LogP contribution in [0.15, 0.2) is 24.3 Å². The van der Waals surface area contributed by atoms with Crippen LogP contribution in [0.3, 0.4) is 0 Å². The quantitative estimate of drug-likeness (QED) is 0.834. The topological polar surface area (TPSA) is 38.3 Å². The minimum Gasteiger partial charge on any atom is -0.481 e. The first-order chi connectivity index (χ1) is 9.81. The summed E-state index contributed by atoms with van der Waals surface area (Å²) in [6.07, 6.45) is -0.647. The lowest BCUT2D eigenvalue weighted by atomic mass is 9.85. The molecule has 0 aliphatic heterocycles. The van der Waals surface area contributed by atoms with E-state index in [4.69, 9.17) is 4.74 Å². The van der Waals surface area contributed by atoms with Crippen LogP contribution in [0.1, 0.15) is 34.6 Å². The van der Waals surface area contributed by atoms with Crippen molar-refractivity contribution >= 4 is 5.91 Å². The van der Waals surface area contributed by atoms with Crippen molar-refractivity contribution in [3.8, 4) is 5.75 Å². The summed E-state index contributed by atoms with van der Waals surface area (Å²) < 4.78 is 18.5. The van der Waals surface area contributed by atoms with E-state index in [1.165, 1.54) is 12.1 Å². The van der Waals surface area contributed by atoms with E-state index in [1.807, 2.05) is 0 Å². The van der Waals surface area contributed by atoms with E-state index >= 15 is 0 Å². The maximum atomic E-state index is 13.1. The van der Waals surface area contributed by atoms with Gasteiger partial charge in [-0.3, -0.25) is 4.79 Å². The number of amides is 1. The summed E-state index contributed by atoms with van der Waals surface area (Å²) in [7, 11) is 0. The molecule has 0 radical (unpaired) electrons. The van der Waals surface area contributed by atoms with Crippen molar-refractivity contribution in [1.29, 1.82) is 0 Å². The van der Waals surface area contributed by atoms with Gasteiger partial charge in [-0.1, -0.05) is 33.8 Å². The summed E-state index contributed by atoms with van der Waals surface area (Å²) in [5.74, 6) is 1.25. The third kappa shape index (κ3) is 5.74. The summed E-state index contributed by atoms with van der Waals surface area (Å²) in [5, 5.41) is 2.92. The van der Waals surface area contributed by atoms with Gasteiger partial charge in [0.1, 0.15) is 11.6 Å². The van der Waals surface area contributed by atoms with E-state index in [1.54, 1.807) is 19.1 Å². The maximum Gasteiger partial charge on any atom is 0.260 e. The second-order valence-corrected chi connectivity index (χ2v) is 6.11. The molecule has 1 N–H and O–H groups in total. The van der Waals surface area contributed by atoms with Gasteiger partial charge in [-0.2, -0.15) is 0 Å². The molecule has 118 valence electrons. The Kier molecular flexibility index (Phi) is 6.66. The lowest BCUT2D eigenvalue weighted by Crippen LogP contribution is -2.40. The zero-order valence-corrected chi connectivity index (χ0v) is 13.5. The Hall–Kier alpha value is -1.58. The Balaban J connectivity index is 2.51. The summed E-state index contributed by atoms with van der Waals surface area (Å²) in [6, 6.07) is 5.81. The number of halogens is 1. The van der Waals surface area contributed by atoms with Crippen LogP contribution in [0, 0.1) is 23.6 Å². The molecule has 1 rings (SSSR count). The molecule has 21 heavy (non-hydrogen) atoms. The molecule has 0 saturated heterocycles. The number of benzene rings is 1. The zero-order valence-electron chi connectivity index (χ0n) is 13.5. The van der Waals surface area contributed by atoms with Gasteiger partial charge in [0.15, 0.2) is 6.10 Å². The number of carbonyl (C=O) groups excluding carboxylic acids is 1. The van der Waals surface area contributed by atoms with E-state index in [2.05, 4.69) is 33.0 Å². The average molecular weight is 295 g/mol. The molecule has 0 fully saturated rings. The molecule has 1 amide bonds. The standard InChI is InChI=1S/C17H26FNO2/c1-11(2)16(12(3)4)10-19-17(20)13(5)21-15-8-6-7-14(18)9-15/h6-9,11-13,16H,10H2,1-5H3,(H,19,20). The van der Waals surface area contributed by atoms with Gasteiger partial charge in [-0.25, -0.2) is 4.39 Å². The number of nitrogens with one attached hydrogen (secondary N) is 1. The molecule has 0 saturated carbocycles. The highest BCUT2D eigenvalue weighted by molar-refractivity contribution is 5.80. The van der Waals surface area contributed by atoms with Crippen molar-refractivity contribution in [2.24, 2.45) is 17.8 Å². The lowest BCUT2D eigenvalue weighted by Gasteiger charge is -2.25. The van der Waals surface area contributed by atoms with Crippen molar-refractivity contribution in [3.05, 3.63) is 30.1 Å². The molecule has 1 aromatic rings. The molecule has 4 heteroatoms. The first kappa shape index (κ1) is 17.5. The molecule has 1 unspecified atom stereocenters. The van der Waals surface area contributed by atoms with Gasteiger partial charge in [-0.05, 0) is 36.8 Å². The number of rotatable bonds is 7. The first-order valence-electron chi connectivity index (χ1n) is 7.51. The molecule has 0 aliphatic rings. The summed E-state index contributed by atoms with van der Waals surface area (Å²) in [5.41, 5.74) is 0.